The number of anilines is 1. The fourth-order valence-corrected chi connectivity index (χ4v) is 5.79. The Kier molecular flexibility index (Phi) is 5.47. The first-order valence-corrected chi connectivity index (χ1v) is 11.4. The number of hydrogen-bond donors (Lipinski definition) is 1. The number of benzene rings is 2. The van der Waals surface area contributed by atoms with E-state index in [0.717, 1.165) is 32.6 Å². The molecule has 2 fully saturated rings. The van der Waals surface area contributed by atoms with Gasteiger partial charge in [-0.1, -0.05) is 30.3 Å². The molecule has 2 aromatic rings. The van der Waals surface area contributed by atoms with Gasteiger partial charge in [-0.3, -0.25) is 9.80 Å². The summed E-state index contributed by atoms with van der Waals surface area (Å²) in [6, 6.07) is 17.6. The van der Waals surface area contributed by atoms with Crippen LogP contribution >= 0.6 is 0 Å². The normalized spacial score (nSPS) is 25.4. The van der Waals surface area contributed by atoms with Gasteiger partial charge in [-0.15, -0.1) is 0 Å². The van der Waals surface area contributed by atoms with Gasteiger partial charge in [0.05, 0.1) is 0 Å². The van der Waals surface area contributed by atoms with Gasteiger partial charge < -0.3 is 10.0 Å². The van der Waals surface area contributed by atoms with Gasteiger partial charge in [0.1, 0.15) is 5.75 Å². The Balaban J connectivity index is 1.17. The number of phenols is 1. The third-order valence-electron chi connectivity index (χ3n) is 7.37. The number of phenolic OH excluding ortho intramolecular Hbond substituents is 1. The molecule has 1 aliphatic carbocycles. The highest BCUT2D eigenvalue weighted by Crippen LogP contribution is 2.43. The van der Waals surface area contributed by atoms with Crippen molar-refractivity contribution in [2.24, 2.45) is 0 Å². The van der Waals surface area contributed by atoms with Crippen molar-refractivity contribution in [3.8, 4) is 5.75 Å². The first-order valence-electron chi connectivity index (χ1n) is 11.4. The zero-order valence-corrected chi connectivity index (χ0v) is 17.3. The number of aromatic hydroxyl groups is 1. The molecule has 2 aromatic carbocycles. The molecule has 0 amide bonds. The average Bonchev–Trinajstić information content (AvgIpc) is 2.79. The zero-order chi connectivity index (χ0) is 19.6. The zero-order valence-electron chi connectivity index (χ0n) is 17.3. The van der Waals surface area contributed by atoms with Crippen LogP contribution in [0.1, 0.15) is 36.3 Å². The lowest BCUT2D eigenvalue weighted by Crippen LogP contribution is -2.52. The highest BCUT2D eigenvalue weighted by atomic mass is 16.3. The molecule has 2 heterocycles. The summed E-state index contributed by atoms with van der Waals surface area (Å²) in [5.41, 5.74) is 3.99. The van der Waals surface area contributed by atoms with E-state index in [1.165, 1.54) is 55.7 Å². The second-order valence-electron chi connectivity index (χ2n) is 8.90. The van der Waals surface area contributed by atoms with Crippen LogP contribution in [0.15, 0.2) is 48.5 Å². The Bertz CT molecular complexity index is 816. The molecule has 1 N–H and O–H groups in total. The average molecular weight is 392 g/mol. The van der Waals surface area contributed by atoms with Crippen molar-refractivity contribution in [1.29, 1.82) is 0 Å². The van der Waals surface area contributed by atoms with Crippen LogP contribution in [0.2, 0.25) is 0 Å². The first-order chi connectivity index (χ1) is 14.3. The first kappa shape index (κ1) is 19.0. The van der Waals surface area contributed by atoms with Gasteiger partial charge in [0, 0.05) is 51.0 Å². The second kappa shape index (κ2) is 8.37. The van der Waals surface area contributed by atoms with E-state index in [1.54, 1.807) is 0 Å². The summed E-state index contributed by atoms with van der Waals surface area (Å²) in [5.74, 6) is 1.11. The van der Waals surface area contributed by atoms with E-state index < -0.39 is 0 Å². The summed E-state index contributed by atoms with van der Waals surface area (Å²) < 4.78 is 0. The van der Waals surface area contributed by atoms with E-state index >= 15 is 0 Å². The maximum absolute atomic E-state index is 10.3. The van der Waals surface area contributed by atoms with Gasteiger partial charge in [-0.25, -0.2) is 0 Å². The van der Waals surface area contributed by atoms with Crippen molar-refractivity contribution in [2.45, 2.75) is 37.6 Å². The molecule has 2 saturated heterocycles. The molecule has 2 aliphatic heterocycles. The van der Waals surface area contributed by atoms with E-state index in [4.69, 9.17) is 0 Å². The maximum Gasteiger partial charge on any atom is 0.119 e. The molecule has 4 heteroatoms. The van der Waals surface area contributed by atoms with Crippen LogP contribution in [0, 0.1) is 0 Å². The number of rotatable bonds is 4. The Morgan fingerprint density at radius 1 is 0.828 bits per heavy atom. The predicted molar refractivity (Wildman–Crippen MR) is 119 cm³/mol. The van der Waals surface area contributed by atoms with Gasteiger partial charge in [-0.05, 0) is 67.5 Å². The number of piperidine rings is 1. The Labute approximate surface area is 174 Å². The predicted octanol–water partition coefficient (Wildman–Crippen LogP) is 3.71. The Morgan fingerprint density at radius 2 is 1.66 bits per heavy atom. The fraction of sp³-hybridized carbons (Fsp3) is 0.520. The minimum absolute atomic E-state index is 0.509. The molecule has 0 radical (unpaired) electrons. The molecule has 0 unspecified atom stereocenters. The number of fused-ring (bicyclic) bond motifs is 3. The van der Waals surface area contributed by atoms with E-state index in [-0.39, 0.29) is 0 Å². The largest absolute Gasteiger partial charge is 0.508 e. The third kappa shape index (κ3) is 3.88. The highest BCUT2D eigenvalue weighted by Gasteiger charge is 2.37. The van der Waals surface area contributed by atoms with Gasteiger partial charge >= 0.3 is 0 Å². The van der Waals surface area contributed by atoms with Crippen molar-refractivity contribution in [2.75, 3.05) is 50.7 Å². The van der Waals surface area contributed by atoms with Crippen LogP contribution in [0.4, 0.5) is 5.69 Å². The summed E-state index contributed by atoms with van der Waals surface area (Å²) in [4.78, 5) is 7.91. The van der Waals surface area contributed by atoms with Gasteiger partial charge in [0.25, 0.3) is 0 Å². The lowest BCUT2D eigenvalue weighted by atomic mass is 9.74. The SMILES string of the molecule is Oc1cccc2c1CC[C@@H]1[C@@H]2CCCN1CCN1CCN(c2ccccc2)CC1. The standard InChI is InChI=1S/C25H33N3O/c29-25-10-4-8-21-22-9-5-13-28(24(22)12-11-23(21)25)19-16-26-14-17-27(18-15-26)20-6-2-1-3-7-20/h1-4,6-8,10,22,24,29H,5,9,11-19H2/t22-,24-/m1/s1. The lowest BCUT2D eigenvalue weighted by Gasteiger charge is -2.46. The summed E-state index contributed by atoms with van der Waals surface area (Å²) in [5, 5.41) is 10.3. The topological polar surface area (TPSA) is 30.0 Å². The van der Waals surface area contributed by atoms with Crippen molar-refractivity contribution in [3.05, 3.63) is 59.7 Å². The van der Waals surface area contributed by atoms with Gasteiger partial charge in [-0.2, -0.15) is 0 Å². The highest BCUT2D eigenvalue weighted by molar-refractivity contribution is 5.46. The maximum atomic E-state index is 10.3. The van der Waals surface area contributed by atoms with Crippen molar-refractivity contribution in [3.63, 3.8) is 0 Å². The van der Waals surface area contributed by atoms with E-state index in [9.17, 15) is 5.11 Å². The van der Waals surface area contributed by atoms with Crippen molar-refractivity contribution < 1.29 is 5.11 Å². The molecule has 3 aliphatic rings. The summed E-state index contributed by atoms with van der Waals surface area (Å²) >= 11 is 0. The van der Waals surface area contributed by atoms with Crippen LogP contribution in [-0.4, -0.2) is 66.8 Å². The molecule has 4 nitrogen and oxygen atoms in total. The molecular weight excluding hydrogens is 358 g/mol. The van der Waals surface area contributed by atoms with Crippen molar-refractivity contribution in [1.82, 2.24) is 9.80 Å². The van der Waals surface area contributed by atoms with Crippen LogP contribution in [-0.2, 0) is 6.42 Å². The van der Waals surface area contributed by atoms with E-state index in [1.807, 2.05) is 12.1 Å². The van der Waals surface area contributed by atoms with E-state index in [2.05, 4.69) is 51.1 Å². The van der Waals surface area contributed by atoms with Crippen LogP contribution in [0.5, 0.6) is 5.75 Å². The quantitative estimate of drug-likeness (QED) is 0.861. The van der Waals surface area contributed by atoms with E-state index in [0.29, 0.717) is 17.7 Å². The second-order valence-corrected chi connectivity index (χ2v) is 8.90. The third-order valence-corrected chi connectivity index (χ3v) is 7.37. The number of para-hydroxylation sites is 1. The molecule has 0 bridgehead atoms. The number of likely N-dealkylation sites (tertiary alicyclic amines) is 1. The van der Waals surface area contributed by atoms with Gasteiger partial charge in [0.15, 0.2) is 0 Å². The fourth-order valence-electron chi connectivity index (χ4n) is 5.79. The molecule has 0 saturated carbocycles. The minimum Gasteiger partial charge on any atom is -0.508 e. The summed E-state index contributed by atoms with van der Waals surface area (Å²) in [6.45, 7) is 8.17. The smallest absolute Gasteiger partial charge is 0.119 e. The monoisotopic (exact) mass is 391 g/mol. The molecule has 154 valence electrons. The van der Waals surface area contributed by atoms with Gasteiger partial charge in [0.2, 0.25) is 0 Å². The summed E-state index contributed by atoms with van der Waals surface area (Å²) in [6.07, 6.45) is 4.76. The van der Waals surface area contributed by atoms with Crippen LogP contribution in [0.3, 0.4) is 0 Å². The number of hydrogen-bond acceptors (Lipinski definition) is 4. The molecule has 29 heavy (non-hydrogen) atoms. The summed E-state index contributed by atoms with van der Waals surface area (Å²) in [7, 11) is 0. The Hall–Kier alpha value is -2.04. The molecule has 2 atom stereocenters. The molecule has 5 rings (SSSR count). The van der Waals surface area contributed by atoms with Crippen LogP contribution < -0.4 is 4.90 Å². The Morgan fingerprint density at radius 3 is 2.48 bits per heavy atom. The molecular formula is C25H33N3O. The molecule has 0 aromatic heterocycles. The number of nitrogens with zero attached hydrogens (tertiary/aromatic N) is 3. The minimum atomic E-state index is 0.509. The molecule has 0 spiro atoms. The van der Waals surface area contributed by atoms with Crippen LogP contribution in [0.25, 0.3) is 0 Å². The van der Waals surface area contributed by atoms with Crippen molar-refractivity contribution >= 4 is 5.69 Å². The lowest BCUT2D eigenvalue weighted by molar-refractivity contribution is 0.0950. The number of piperazine rings is 1.